The summed E-state index contributed by atoms with van der Waals surface area (Å²) in [6.45, 7) is 4.09. The number of benzene rings is 1. The van der Waals surface area contributed by atoms with Crippen molar-refractivity contribution in [3.05, 3.63) is 70.9 Å². The summed E-state index contributed by atoms with van der Waals surface area (Å²) < 4.78 is 15.4. The van der Waals surface area contributed by atoms with Crippen molar-refractivity contribution in [3.8, 4) is 0 Å². The third-order valence-electron chi connectivity index (χ3n) is 3.80. The van der Waals surface area contributed by atoms with Crippen LogP contribution in [0, 0.1) is 12.7 Å². The summed E-state index contributed by atoms with van der Waals surface area (Å²) in [7, 11) is 0. The van der Waals surface area contributed by atoms with Gasteiger partial charge in [0.05, 0.1) is 5.69 Å². The minimum absolute atomic E-state index is 0.147. The van der Waals surface area contributed by atoms with Gasteiger partial charge in [0.2, 0.25) is 0 Å². The zero-order valence-corrected chi connectivity index (χ0v) is 13.1. The predicted octanol–water partition coefficient (Wildman–Crippen LogP) is 3.27. The van der Waals surface area contributed by atoms with Crippen LogP contribution in [0.1, 0.15) is 34.2 Å². The number of rotatable bonds is 4. The second-order valence-corrected chi connectivity index (χ2v) is 5.47. The van der Waals surface area contributed by atoms with Crippen molar-refractivity contribution in [1.29, 1.82) is 0 Å². The SMILES string of the molecule is CCc1nc2cc(C)ccn2c1C(=O)NCc1ccccc1F. The number of hydrogen-bond acceptors (Lipinski definition) is 2. The van der Waals surface area contributed by atoms with Gasteiger partial charge >= 0.3 is 0 Å². The van der Waals surface area contributed by atoms with Gasteiger partial charge < -0.3 is 5.32 Å². The molecule has 3 rings (SSSR count). The van der Waals surface area contributed by atoms with E-state index in [4.69, 9.17) is 0 Å². The number of carbonyl (C=O) groups is 1. The minimum atomic E-state index is -0.322. The fraction of sp³-hybridized carbons (Fsp3) is 0.222. The smallest absolute Gasteiger partial charge is 0.270 e. The average molecular weight is 311 g/mol. The summed E-state index contributed by atoms with van der Waals surface area (Å²) in [4.78, 5) is 17.1. The number of aryl methyl sites for hydroxylation is 2. The highest BCUT2D eigenvalue weighted by atomic mass is 19.1. The molecule has 0 fully saturated rings. The number of hydrogen-bond donors (Lipinski definition) is 1. The molecule has 1 amide bonds. The van der Waals surface area contributed by atoms with Crippen molar-refractivity contribution in [2.45, 2.75) is 26.8 Å². The lowest BCUT2D eigenvalue weighted by atomic mass is 10.2. The van der Waals surface area contributed by atoms with Crippen LogP contribution in [-0.2, 0) is 13.0 Å². The van der Waals surface area contributed by atoms with E-state index < -0.39 is 0 Å². The lowest BCUT2D eigenvalue weighted by Gasteiger charge is -2.07. The maximum atomic E-state index is 13.7. The van der Waals surface area contributed by atoms with Crippen LogP contribution in [0.2, 0.25) is 0 Å². The van der Waals surface area contributed by atoms with Crippen molar-refractivity contribution in [3.63, 3.8) is 0 Å². The summed E-state index contributed by atoms with van der Waals surface area (Å²) >= 11 is 0. The highest BCUT2D eigenvalue weighted by Gasteiger charge is 2.18. The molecule has 0 saturated carbocycles. The summed E-state index contributed by atoms with van der Waals surface area (Å²) in [5.41, 5.74) is 3.55. The molecule has 0 bridgehead atoms. The molecule has 3 aromatic rings. The Labute approximate surface area is 134 Å². The second-order valence-electron chi connectivity index (χ2n) is 5.47. The number of nitrogens with zero attached hydrogens (tertiary/aromatic N) is 2. The van der Waals surface area contributed by atoms with Gasteiger partial charge in [0.25, 0.3) is 5.91 Å². The van der Waals surface area contributed by atoms with Gasteiger partial charge in [-0.1, -0.05) is 25.1 Å². The molecule has 0 aliphatic heterocycles. The van der Waals surface area contributed by atoms with Crippen molar-refractivity contribution in [2.24, 2.45) is 0 Å². The van der Waals surface area contributed by atoms with Crippen molar-refractivity contribution in [1.82, 2.24) is 14.7 Å². The van der Waals surface area contributed by atoms with Gasteiger partial charge in [-0.05, 0) is 37.1 Å². The predicted molar refractivity (Wildman–Crippen MR) is 86.9 cm³/mol. The summed E-state index contributed by atoms with van der Waals surface area (Å²) in [5, 5.41) is 2.78. The van der Waals surface area contributed by atoms with Gasteiger partial charge in [0.15, 0.2) is 0 Å². The van der Waals surface area contributed by atoms with E-state index in [-0.39, 0.29) is 18.3 Å². The Bertz CT molecular complexity index is 870. The molecule has 4 nitrogen and oxygen atoms in total. The van der Waals surface area contributed by atoms with E-state index >= 15 is 0 Å². The molecule has 0 aliphatic rings. The maximum absolute atomic E-state index is 13.7. The molecular weight excluding hydrogens is 293 g/mol. The van der Waals surface area contributed by atoms with E-state index in [2.05, 4.69) is 10.3 Å². The Hall–Kier alpha value is -2.69. The normalized spacial score (nSPS) is 10.9. The van der Waals surface area contributed by atoms with Crippen LogP contribution in [0.25, 0.3) is 5.65 Å². The third-order valence-corrected chi connectivity index (χ3v) is 3.80. The number of nitrogens with one attached hydrogen (secondary N) is 1. The Morgan fingerprint density at radius 3 is 2.83 bits per heavy atom. The molecule has 0 saturated heterocycles. The number of halogens is 1. The largest absolute Gasteiger partial charge is 0.347 e. The molecule has 23 heavy (non-hydrogen) atoms. The summed E-state index contributed by atoms with van der Waals surface area (Å²) in [6, 6.07) is 10.3. The first-order chi connectivity index (χ1) is 11.1. The van der Waals surface area contributed by atoms with Crippen LogP contribution in [0.3, 0.4) is 0 Å². The van der Waals surface area contributed by atoms with Crippen molar-refractivity contribution >= 4 is 11.6 Å². The van der Waals surface area contributed by atoms with Gasteiger partial charge in [-0.3, -0.25) is 9.20 Å². The Kier molecular flexibility index (Phi) is 4.10. The lowest BCUT2D eigenvalue weighted by molar-refractivity contribution is 0.0943. The maximum Gasteiger partial charge on any atom is 0.270 e. The third kappa shape index (κ3) is 2.95. The Morgan fingerprint density at radius 1 is 1.30 bits per heavy atom. The number of imidazole rings is 1. The van der Waals surface area contributed by atoms with Gasteiger partial charge in [0, 0.05) is 18.3 Å². The van der Waals surface area contributed by atoms with E-state index in [0.29, 0.717) is 17.7 Å². The number of pyridine rings is 1. The zero-order valence-electron chi connectivity index (χ0n) is 13.1. The highest BCUT2D eigenvalue weighted by Crippen LogP contribution is 2.15. The minimum Gasteiger partial charge on any atom is -0.347 e. The topological polar surface area (TPSA) is 46.4 Å². The first-order valence-corrected chi connectivity index (χ1v) is 7.59. The van der Waals surface area contributed by atoms with Crippen LogP contribution < -0.4 is 5.32 Å². The van der Waals surface area contributed by atoms with E-state index in [9.17, 15) is 9.18 Å². The molecule has 118 valence electrons. The highest BCUT2D eigenvalue weighted by molar-refractivity contribution is 5.94. The first kappa shape index (κ1) is 15.2. The van der Waals surface area contributed by atoms with E-state index in [1.807, 2.05) is 32.2 Å². The van der Waals surface area contributed by atoms with Gasteiger partial charge in [-0.25, -0.2) is 9.37 Å². The quantitative estimate of drug-likeness (QED) is 0.804. The number of aromatic nitrogens is 2. The molecule has 1 N–H and O–H groups in total. The van der Waals surface area contributed by atoms with Crippen LogP contribution in [-0.4, -0.2) is 15.3 Å². The monoisotopic (exact) mass is 311 g/mol. The average Bonchev–Trinajstić information content (AvgIpc) is 2.91. The van der Waals surface area contributed by atoms with Gasteiger partial charge in [-0.15, -0.1) is 0 Å². The molecule has 0 atom stereocenters. The number of amides is 1. The Morgan fingerprint density at radius 2 is 2.09 bits per heavy atom. The molecular formula is C18H18FN3O. The van der Waals surface area contributed by atoms with Crippen LogP contribution in [0.4, 0.5) is 4.39 Å². The van der Waals surface area contributed by atoms with Crippen LogP contribution >= 0.6 is 0 Å². The van der Waals surface area contributed by atoms with Crippen molar-refractivity contribution < 1.29 is 9.18 Å². The standard InChI is InChI=1S/C18H18FN3O/c1-3-15-17(22-9-8-12(2)10-16(22)21-15)18(23)20-11-13-6-4-5-7-14(13)19/h4-10H,3,11H2,1-2H3,(H,20,23). The molecule has 0 radical (unpaired) electrons. The van der Waals surface area contributed by atoms with Crippen LogP contribution in [0.15, 0.2) is 42.6 Å². The van der Waals surface area contributed by atoms with Crippen molar-refractivity contribution in [2.75, 3.05) is 0 Å². The second kappa shape index (κ2) is 6.20. The molecule has 0 spiro atoms. The van der Waals surface area contributed by atoms with E-state index in [1.54, 1.807) is 22.6 Å². The Balaban J connectivity index is 1.90. The molecule has 2 aromatic heterocycles. The van der Waals surface area contributed by atoms with E-state index in [1.165, 1.54) is 6.07 Å². The fourth-order valence-corrected chi connectivity index (χ4v) is 2.58. The number of fused-ring (bicyclic) bond motifs is 1. The van der Waals surface area contributed by atoms with E-state index in [0.717, 1.165) is 16.9 Å². The van der Waals surface area contributed by atoms with Crippen LogP contribution in [0.5, 0.6) is 0 Å². The molecule has 0 unspecified atom stereocenters. The lowest BCUT2D eigenvalue weighted by Crippen LogP contribution is -2.25. The molecule has 0 aliphatic carbocycles. The molecule has 5 heteroatoms. The summed E-state index contributed by atoms with van der Waals surface area (Å²) in [5.74, 6) is -0.571. The van der Waals surface area contributed by atoms with Gasteiger partial charge in [0.1, 0.15) is 17.2 Å². The summed E-state index contributed by atoms with van der Waals surface area (Å²) in [6.07, 6.45) is 2.50. The molecule has 1 aromatic carbocycles. The zero-order chi connectivity index (χ0) is 16.4. The van der Waals surface area contributed by atoms with Gasteiger partial charge in [-0.2, -0.15) is 0 Å². The molecule has 2 heterocycles. The fourth-order valence-electron chi connectivity index (χ4n) is 2.58. The number of carbonyl (C=O) groups excluding carboxylic acids is 1. The first-order valence-electron chi connectivity index (χ1n) is 7.59.